The molecule has 0 bridgehead atoms. The van der Waals surface area contributed by atoms with E-state index in [0.717, 1.165) is 14.5 Å². The van der Waals surface area contributed by atoms with Gasteiger partial charge >= 0.3 is 0 Å². The Bertz CT molecular complexity index is 297. The van der Waals surface area contributed by atoms with Crippen LogP contribution in [0.1, 0.15) is 18.5 Å². The lowest BCUT2D eigenvalue weighted by atomic mass is 10.1. The second-order valence-electron chi connectivity index (χ2n) is 2.68. The molecule has 0 fully saturated rings. The molecule has 1 aromatic carbocycles. The third kappa shape index (κ3) is 2.00. The average Bonchev–Trinajstić information content (AvgIpc) is 1.96. The normalized spacial score (nSPS) is 13.0. The highest BCUT2D eigenvalue weighted by atomic mass is 79.9. The molecule has 66 valence electrons. The standard InChI is InChI=1S/C8H10Br2N2/c1-4(11)6-2-5(9)3-7(10)8(6)12/h2-4H,11-12H2,1H3. The third-order valence-electron chi connectivity index (χ3n) is 1.62. The van der Waals surface area contributed by atoms with E-state index in [-0.39, 0.29) is 6.04 Å². The first-order chi connectivity index (χ1) is 5.52. The maximum absolute atomic E-state index is 5.80. The number of rotatable bonds is 1. The fourth-order valence-corrected chi connectivity index (χ4v) is 2.24. The first-order valence-electron chi connectivity index (χ1n) is 3.52. The van der Waals surface area contributed by atoms with E-state index in [1.807, 2.05) is 19.1 Å². The van der Waals surface area contributed by atoms with Crippen molar-refractivity contribution in [3.63, 3.8) is 0 Å². The lowest BCUT2D eigenvalue weighted by Crippen LogP contribution is -2.08. The van der Waals surface area contributed by atoms with Crippen molar-refractivity contribution in [2.45, 2.75) is 13.0 Å². The fraction of sp³-hybridized carbons (Fsp3) is 0.250. The van der Waals surface area contributed by atoms with E-state index < -0.39 is 0 Å². The number of nitrogen functional groups attached to an aromatic ring is 1. The summed E-state index contributed by atoms with van der Waals surface area (Å²) in [6.07, 6.45) is 0. The Morgan fingerprint density at radius 2 is 1.92 bits per heavy atom. The molecule has 1 unspecified atom stereocenters. The SMILES string of the molecule is CC(N)c1cc(Br)cc(Br)c1N. The van der Waals surface area contributed by atoms with E-state index in [0.29, 0.717) is 5.69 Å². The van der Waals surface area contributed by atoms with Crippen LogP contribution in [0.25, 0.3) is 0 Å². The van der Waals surface area contributed by atoms with Gasteiger partial charge in [-0.05, 0) is 40.5 Å². The molecular weight excluding hydrogens is 284 g/mol. The smallest absolute Gasteiger partial charge is 0.0507 e. The zero-order chi connectivity index (χ0) is 9.30. The molecule has 0 aliphatic rings. The van der Waals surface area contributed by atoms with Crippen LogP contribution >= 0.6 is 31.9 Å². The van der Waals surface area contributed by atoms with Crippen LogP contribution in [0, 0.1) is 0 Å². The van der Waals surface area contributed by atoms with Crippen molar-refractivity contribution < 1.29 is 0 Å². The molecule has 0 heterocycles. The van der Waals surface area contributed by atoms with Crippen molar-refractivity contribution in [2.24, 2.45) is 5.73 Å². The van der Waals surface area contributed by atoms with Gasteiger partial charge in [0.2, 0.25) is 0 Å². The van der Waals surface area contributed by atoms with E-state index in [2.05, 4.69) is 31.9 Å². The molecule has 0 aliphatic carbocycles. The molecule has 0 saturated carbocycles. The second-order valence-corrected chi connectivity index (χ2v) is 4.45. The Morgan fingerprint density at radius 3 is 2.42 bits per heavy atom. The monoisotopic (exact) mass is 292 g/mol. The molecular formula is C8H10Br2N2. The Morgan fingerprint density at radius 1 is 1.33 bits per heavy atom. The van der Waals surface area contributed by atoms with Crippen LogP contribution in [0.2, 0.25) is 0 Å². The molecule has 0 spiro atoms. The van der Waals surface area contributed by atoms with E-state index in [9.17, 15) is 0 Å². The fourth-order valence-electron chi connectivity index (χ4n) is 0.981. The van der Waals surface area contributed by atoms with Crippen LogP contribution in [-0.4, -0.2) is 0 Å². The largest absolute Gasteiger partial charge is 0.398 e. The van der Waals surface area contributed by atoms with Gasteiger partial charge in [-0.1, -0.05) is 15.9 Å². The van der Waals surface area contributed by atoms with Crippen LogP contribution in [0.4, 0.5) is 5.69 Å². The van der Waals surface area contributed by atoms with Gasteiger partial charge in [-0.3, -0.25) is 0 Å². The van der Waals surface area contributed by atoms with Gasteiger partial charge < -0.3 is 11.5 Å². The molecule has 12 heavy (non-hydrogen) atoms. The van der Waals surface area contributed by atoms with Crippen LogP contribution in [0.15, 0.2) is 21.1 Å². The van der Waals surface area contributed by atoms with E-state index in [1.54, 1.807) is 0 Å². The van der Waals surface area contributed by atoms with Crippen LogP contribution < -0.4 is 11.5 Å². The predicted molar refractivity (Wildman–Crippen MR) is 58.9 cm³/mol. The van der Waals surface area contributed by atoms with Gasteiger partial charge in [0, 0.05) is 15.0 Å². The zero-order valence-corrected chi connectivity index (χ0v) is 9.81. The summed E-state index contributed by atoms with van der Waals surface area (Å²) in [5.41, 5.74) is 13.2. The van der Waals surface area contributed by atoms with Crippen LogP contribution in [0.5, 0.6) is 0 Å². The van der Waals surface area contributed by atoms with Gasteiger partial charge in [-0.25, -0.2) is 0 Å². The van der Waals surface area contributed by atoms with E-state index in [4.69, 9.17) is 11.5 Å². The minimum atomic E-state index is -0.0428. The highest BCUT2D eigenvalue weighted by Gasteiger charge is 2.08. The summed E-state index contributed by atoms with van der Waals surface area (Å²) >= 11 is 6.73. The molecule has 4 heteroatoms. The first-order valence-corrected chi connectivity index (χ1v) is 5.11. The average molecular weight is 294 g/mol. The van der Waals surface area contributed by atoms with Gasteiger partial charge in [-0.2, -0.15) is 0 Å². The number of hydrogen-bond donors (Lipinski definition) is 2. The number of halogens is 2. The minimum Gasteiger partial charge on any atom is -0.398 e. The van der Waals surface area contributed by atoms with Gasteiger partial charge in [-0.15, -0.1) is 0 Å². The Labute approximate surface area is 88.6 Å². The molecule has 0 amide bonds. The lowest BCUT2D eigenvalue weighted by molar-refractivity contribution is 0.820. The van der Waals surface area contributed by atoms with Crippen LogP contribution in [-0.2, 0) is 0 Å². The molecule has 0 saturated heterocycles. The number of hydrogen-bond acceptors (Lipinski definition) is 2. The third-order valence-corrected chi connectivity index (χ3v) is 2.73. The summed E-state index contributed by atoms with van der Waals surface area (Å²) in [5, 5.41) is 0. The Hall–Kier alpha value is -0.0600. The van der Waals surface area contributed by atoms with Gasteiger partial charge in [0.25, 0.3) is 0 Å². The molecule has 2 nitrogen and oxygen atoms in total. The van der Waals surface area contributed by atoms with E-state index >= 15 is 0 Å². The molecule has 0 aromatic heterocycles. The highest BCUT2D eigenvalue weighted by Crippen LogP contribution is 2.30. The molecule has 1 rings (SSSR count). The second kappa shape index (κ2) is 3.77. The van der Waals surface area contributed by atoms with Crippen molar-refractivity contribution in [2.75, 3.05) is 5.73 Å². The molecule has 1 aromatic rings. The van der Waals surface area contributed by atoms with Crippen molar-refractivity contribution in [3.05, 3.63) is 26.6 Å². The van der Waals surface area contributed by atoms with Crippen molar-refractivity contribution in [3.8, 4) is 0 Å². The molecule has 0 aliphatic heterocycles. The molecule has 1 atom stereocenters. The quantitative estimate of drug-likeness (QED) is 0.782. The maximum Gasteiger partial charge on any atom is 0.0507 e. The first kappa shape index (κ1) is 10.0. The van der Waals surface area contributed by atoms with Crippen LogP contribution in [0.3, 0.4) is 0 Å². The highest BCUT2D eigenvalue weighted by molar-refractivity contribution is 9.11. The summed E-state index contributed by atoms with van der Waals surface area (Å²) in [6.45, 7) is 1.91. The summed E-state index contributed by atoms with van der Waals surface area (Å²) in [7, 11) is 0. The van der Waals surface area contributed by atoms with Crippen molar-refractivity contribution in [1.29, 1.82) is 0 Å². The topological polar surface area (TPSA) is 52.0 Å². The Kier molecular flexibility index (Phi) is 3.15. The van der Waals surface area contributed by atoms with Crippen molar-refractivity contribution in [1.82, 2.24) is 0 Å². The summed E-state index contributed by atoms with van der Waals surface area (Å²) < 4.78 is 1.86. The van der Waals surface area contributed by atoms with Gasteiger partial charge in [0.15, 0.2) is 0 Å². The molecule has 0 radical (unpaired) electrons. The zero-order valence-electron chi connectivity index (χ0n) is 6.64. The van der Waals surface area contributed by atoms with Gasteiger partial charge in [0.05, 0.1) is 5.69 Å². The number of nitrogens with two attached hydrogens (primary N) is 2. The summed E-state index contributed by atoms with van der Waals surface area (Å²) in [6, 6.07) is 3.80. The lowest BCUT2D eigenvalue weighted by Gasteiger charge is -2.11. The number of anilines is 1. The van der Waals surface area contributed by atoms with Gasteiger partial charge in [0.1, 0.15) is 0 Å². The summed E-state index contributed by atoms with van der Waals surface area (Å²) in [5.74, 6) is 0. The van der Waals surface area contributed by atoms with E-state index in [1.165, 1.54) is 0 Å². The Balaban J connectivity index is 3.28. The van der Waals surface area contributed by atoms with Crippen molar-refractivity contribution >= 4 is 37.5 Å². The predicted octanol–water partition coefficient (Wildman–Crippen LogP) is 2.81. The number of benzene rings is 1. The maximum atomic E-state index is 5.80. The summed E-state index contributed by atoms with van der Waals surface area (Å²) in [4.78, 5) is 0. The molecule has 4 N–H and O–H groups in total. The minimum absolute atomic E-state index is 0.0428.